The summed E-state index contributed by atoms with van der Waals surface area (Å²) in [5, 5.41) is 0. The van der Waals surface area contributed by atoms with Crippen LogP contribution in [0.15, 0.2) is 60.7 Å². The molecule has 0 amide bonds. The number of benzene rings is 2. The Kier molecular flexibility index (Phi) is 8.16. The molecule has 1 unspecified atom stereocenters. The molecule has 0 saturated carbocycles. The van der Waals surface area contributed by atoms with E-state index < -0.39 is 7.60 Å². The summed E-state index contributed by atoms with van der Waals surface area (Å²) in [6.07, 6.45) is -0.0292. The molecule has 0 aliphatic carbocycles. The molecular weight excluding hydrogens is 327 g/mol. The highest BCUT2D eigenvalue weighted by Crippen LogP contribution is 2.41. The summed E-state index contributed by atoms with van der Waals surface area (Å²) in [6, 6.07) is 19.4. The topological polar surface area (TPSA) is 65.0 Å². The zero-order valence-electron chi connectivity index (χ0n) is 13.5. The normalized spacial score (nSPS) is 13.5. The van der Waals surface area contributed by atoms with Gasteiger partial charge in [-0.3, -0.25) is 4.57 Å². The predicted octanol–water partition coefficient (Wildman–Crippen LogP) is 3.62. The maximum absolute atomic E-state index is 11.9. The minimum atomic E-state index is -3.63. The number of ether oxygens (including phenoxy) is 2. The SMILES string of the molecule is O=P(O)(CCOCc1ccccc1)OCCOCc1ccccc1. The molecule has 1 N–H and O–H groups in total. The van der Waals surface area contributed by atoms with Crippen LogP contribution >= 0.6 is 7.60 Å². The van der Waals surface area contributed by atoms with Crippen LogP contribution in [0.4, 0.5) is 0 Å². The van der Waals surface area contributed by atoms with Crippen molar-refractivity contribution < 1.29 is 23.5 Å². The van der Waals surface area contributed by atoms with E-state index in [1.54, 1.807) is 0 Å². The first-order chi connectivity index (χ1) is 11.7. The van der Waals surface area contributed by atoms with Gasteiger partial charge in [0.25, 0.3) is 0 Å². The maximum Gasteiger partial charge on any atom is 0.330 e. The van der Waals surface area contributed by atoms with Crippen LogP contribution < -0.4 is 0 Å². The Hall–Kier alpha value is -1.49. The Morgan fingerprint density at radius 3 is 1.79 bits per heavy atom. The molecule has 0 fully saturated rings. The second kappa shape index (κ2) is 10.4. The van der Waals surface area contributed by atoms with Crippen molar-refractivity contribution in [1.82, 2.24) is 0 Å². The molecule has 2 aromatic carbocycles. The largest absolute Gasteiger partial charge is 0.376 e. The van der Waals surface area contributed by atoms with Crippen molar-refractivity contribution in [1.29, 1.82) is 0 Å². The fourth-order valence-electron chi connectivity index (χ4n) is 2.01. The van der Waals surface area contributed by atoms with Gasteiger partial charge in [0.05, 0.1) is 39.2 Å². The van der Waals surface area contributed by atoms with Crippen molar-refractivity contribution >= 4 is 7.60 Å². The Labute approximate surface area is 142 Å². The summed E-state index contributed by atoms with van der Waals surface area (Å²) in [5.74, 6) is 0. The molecule has 0 saturated heterocycles. The molecule has 0 bridgehead atoms. The van der Waals surface area contributed by atoms with Crippen molar-refractivity contribution in [3.8, 4) is 0 Å². The maximum atomic E-state index is 11.9. The van der Waals surface area contributed by atoms with E-state index in [0.29, 0.717) is 13.2 Å². The second-order valence-corrected chi connectivity index (χ2v) is 7.25. The van der Waals surface area contributed by atoms with Crippen LogP contribution in [0.25, 0.3) is 0 Å². The smallest absolute Gasteiger partial charge is 0.330 e. The first kappa shape index (κ1) is 18.8. The molecule has 2 aromatic rings. The zero-order valence-corrected chi connectivity index (χ0v) is 14.4. The highest BCUT2D eigenvalue weighted by atomic mass is 31.2. The molecule has 5 nitrogen and oxygen atoms in total. The lowest BCUT2D eigenvalue weighted by Crippen LogP contribution is -2.07. The summed E-state index contributed by atoms with van der Waals surface area (Å²) in [6.45, 7) is 1.40. The molecule has 0 aliphatic rings. The first-order valence-electron chi connectivity index (χ1n) is 7.85. The Balaban J connectivity index is 1.53. The number of hydrogen-bond donors (Lipinski definition) is 1. The summed E-state index contributed by atoms with van der Waals surface area (Å²) in [4.78, 5) is 9.73. The van der Waals surface area contributed by atoms with E-state index in [4.69, 9.17) is 14.0 Å². The van der Waals surface area contributed by atoms with Crippen LogP contribution in [0.3, 0.4) is 0 Å². The van der Waals surface area contributed by atoms with Crippen LogP contribution in [0.5, 0.6) is 0 Å². The predicted molar refractivity (Wildman–Crippen MR) is 92.8 cm³/mol. The van der Waals surface area contributed by atoms with Crippen LogP contribution in [0.1, 0.15) is 11.1 Å². The summed E-state index contributed by atoms with van der Waals surface area (Å²) >= 11 is 0. The van der Waals surface area contributed by atoms with Gasteiger partial charge in [0, 0.05) is 0 Å². The molecule has 0 aromatic heterocycles. The highest BCUT2D eigenvalue weighted by Gasteiger charge is 2.18. The van der Waals surface area contributed by atoms with Gasteiger partial charge in [0.15, 0.2) is 0 Å². The van der Waals surface area contributed by atoms with Crippen molar-refractivity contribution in [2.45, 2.75) is 13.2 Å². The monoisotopic (exact) mass is 350 g/mol. The minimum absolute atomic E-state index is 0.0292. The van der Waals surface area contributed by atoms with Crippen molar-refractivity contribution in [3.63, 3.8) is 0 Å². The van der Waals surface area contributed by atoms with E-state index in [-0.39, 0.29) is 26.0 Å². The minimum Gasteiger partial charge on any atom is -0.376 e. The van der Waals surface area contributed by atoms with E-state index in [0.717, 1.165) is 11.1 Å². The fourth-order valence-corrected chi connectivity index (χ4v) is 2.86. The van der Waals surface area contributed by atoms with Gasteiger partial charge in [-0.1, -0.05) is 60.7 Å². The van der Waals surface area contributed by atoms with Crippen LogP contribution in [-0.2, 0) is 31.8 Å². The molecule has 1 atom stereocenters. The van der Waals surface area contributed by atoms with Gasteiger partial charge >= 0.3 is 7.60 Å². The molecule has 6 heteroatoms. The standard InChI is InChI=1S/C18H23O5P/c19-24(20,14-13-22-16-18-9-5-2-6-10-18)23-12-11-21-15-17-7-3-1-4-8-17/h1-10H,11-16H2,(H,19,20). The summed E-state index contributed by atoms with van der Waals surface area (Å²) in [5.41, 5.74) is 2.08. The summed E-state index contributed by atoms with van der Waals surface area (Å²) < 4.78 is 27.7. The van der Waals surface area contributed by atoms with E-state index >= 15 is 0 Å². The van der Waals surface area contributed by atoms with Gasteiger partial charge in [0.2, 0.25) is 0 Å². The lowest BCUT2D eigenvalue weighted by molar-refractivity contribution is 0.0825. The van der Waals surface area contributed by atoms with Crippen LogP contribution in [0.2, 0.25) is 0 Å². The molecule has 0 spiro atoms. The van der Waals surface area contributed by atoms with Gasteiger partial charge < -0.3 is 18.9 Å². The van der Waals surface area contributed by atoms with Crippen LogP contribution in [0, 0.1) is 0 Å². The lowest BCUT2D eigenvalue weighted by atomic mass is 10.2. The Morgan fingerprint density at radius 1 is 0.750 bits per heavy atom. The average molecular weight is 350 g/mol. The molecular formula is C18H23O5P. The third-order valence-corrected chi connectivity index (χ3v) is 4.60. The van der Waals surface area contributed by atoms with Crippen LogP contribution in [-0.4, -0.2) is 30.9 Å². The van der Waals surface area contributed by atoms with Gasteiger partial charge in [-0.2, -0.15) is 0 Å². The molecule has 24 heavy (non-hydrogen) atoms. The van der Waals surface area contributed by atoms with E-state index in [2.05, 4.69) is 0 Å². The molecule has 0 heterocycles. The summed E-state index contributed by atoms with van der Waals surface area (Å²) in [7, 11) is -3.63. The van der Waals surface area contributed by atoms with Gasteiger partial charge in [-0.15, -0.1) is 0 Å². The molecule has 0 aliphatic heterocycles. The van der Waals surface area contributed by atoms with E-state index in [1.165, 1.54) is 0 Å². The number of rotatable bonds is 11. The Morgan fingerprint density at radius 2 is 1.25 bits per heavy atom. The third kappa shape index (κ3) is 7.86. The Bertz CT molecular complexity index is 618. The van der Waals surface area contributed by atoms with Gasteiger partial charge in [-0.05, 0) is 11.1 Å². The molecule has 2 rings (SSSR count). The fraction of sp³-hybridized carbons (Fsp3) is 0.333. The molecule has 130 valence electrons. The molecule has 0 radical (unpaired) electrons. The van der Waals surface area contributed by atoms with Gasteiger partial charge in [0.1, 0.15) is 0 Å². The first-order valence-corrected chi connectivity index (χ1v) is 9.62. The lowest BCUT2D eigenvalue weighted by Gasteiger charge is -2.12. The van der Waals surface area contributed by atoms with E-state index in [9.17, 15) is 9.46 Å². The van der Waals surface area contributed by atoms with Gasteiger partial charge in [-0.25, -0.2) is 0 Å². The van der Waals surface area contributed by atoms with Crippen molar-refractivity contribution in [2.75, 3.05) is 26.0 Å². The third-order valence-electron chi connectivity index (χ3n) is 3.26. The van der Waals surface area contributed by atoms with E-state index in [1.807, 2.05) is 60.7 Å². The average Bonchev–Trinajstić information content (AvgIpc) is 2.60. The zero-order chi connectivity index (χ0) is 17.1. The van der Waals surface area contributed by atoms with Crippen molar-refractivity contribution in [2.24, 2.45) is 0 Å². The highest BCUT2D eigenvalue weighted by molar-refractivity contribution is 7.52. The quantitative estimate of drug-likeness (QED) is 0.495. The van der Waals surface area contributed by atoms with Crippen molar-refractivity contribution in [3.05, 3.63) is 71.8 Å². The number of hydrogen-bond acceptors (Lipinski definition) is 4. The second-order valence-electron chi connectivity index (χ2n) is 5.27.